The highest BCUT2D eigenvalue weighted by atomic mass is 16.3. The van der Waals surface area contributed by atoms with Gasteiger partial charge in [0.05, 0.1) is 11.7 Å². The Kier molecular flexibility index (Phi) is 3.19. The minimum Gasteiger partial charge on any atom is -0.391 e. The molecule has 0 bridgehead atoms. The maximum Gasteiger partial charge on any atom is 0.255 e. The minimum absolute atomic E-state index is 0.0310. The number of aliphatic hydroxyl groups is 1. The van der Waals surface area contributed by atoms with E-state index in [1.165, 1.54) is 0 Å². The van der Waals surface area contributed by atoms with E-state index in [1.54, 1.807) is 29.4 Å². The van der Waals surface area contributed by atoms with Gasteiger partial charge in [0.15, 0.2) is 0 Å². The maximum absolute atomic E-state index is 12.1. The highest BCUT2D eigenvalue weighted by molar-refractivity contribution is 5.94. The molecule has 0 radical (unpaired) electrons. The summed E-state index contributed by atoms with van der Waals surface area (Å²) in [5.74, 6) is -0.0310. The summed E-state index contributed by atoms with van der Waals surface area (Å²) in [6.45, 7) is 2.47. The van der Waals surface area contributed by atoms with Crippen molar-refractivity contribution in [2.24, 2.45) is 0 Å². The molecule has 2 rings (SSSR count). The molecule has 0 spiro atoms. The van der Waals surface area contributed by atoms with Crippen LogP contribution in [0, 0.1) is 0 Å². The molecule has 16 heavy (non-hydrogen) atoms. The van der Waals surface area contributed by atoms with Gasteiger partial charge >= 0.3 is 0 Å². The van der Waals surface area contributed by atoms with Crippen molar-refractivity contribution < 1.29 is 9.90 Å². The first-order valence-electron chi connectivity index (χ1n) is 5.61. The second kappa shape index (κ2) is 4.61. The van der Waals surface area contributed by atoms with E-state index in [1.807, 2.05) is 6.92 Å². The maximum atomic E-state index is 12.1. The Morgan fingerprint density at radius 3 is 3.12 bits per heavy atom. The Bertz CT molecular complexity index is 367. The third-order valence-corrected chi connectivity index (χ3v) is 3.03. The van der Waals surface area contributed by atoms with E-state index in [2.05, 4.69) is 4.98 Å². The van der Waals surface area contributed by atoms with Crippen molar-refractivity contribution in [3.8, 4) is 0 Å². The third-order valence-electron chi connectivity index (χ3n) is 3.03. The summed E-state index contributed by atoms with van der Waals surface area (Å²) in [5, 5.41) is 9.59. The quantitative estimate of drug-likeness (QED) is 0.811. The molecular formula is C12H16N2O2. The fourth-order valence-corrected chi connectivity index (χ4v) is 2.18. The van der Waals surface area contributed by atoms with Gasteiger partial charge in [-0.25, -0.2) is 0 Å². The highest BCUT2D eigenvalue weighted by Crippen LogP contribution is 2.22. The predicted molar refractivity (Wildman–Crippen MR) is 60.0 cm³/mol. The average molecular weight is 220 g/mol. The average Bonchev–Trinajstić information content (AvgIpc) is 2.70. The molecule has 1 aliphatic rings. The summed E-state index contributed by atoms with van der Waals surface area (Å²) in [6, 6.07) is 3.66. The lowest BCUT2D eigenvalue weighted by atomic mass is 10.1. The summed E-state index contributed by atoms with van der Waals surface area (Å²) in [5.41, 5.74) is 0.593. The Labute approximate surface area is 94.9 Å². The molecule has 0 aliphatic carbocycles. The molecule has 1 N–H and O–H groups in total. The Morgan fingerprint density at radius 1 is 1.69 bits per heavy atom. The molecule has 1 saturated heterocycles. The fourth-order valence-electron chi connectivity index (χ4n) is 2.18. The standard InChI is InChI=1S/C12H16N2O2/c1-2-10-6-11(15)8-14(10)12(16)9-4-3-5-13-7-9/h3-5,7,10-11,15H,2,6,8H2,1H3/t10-,11-/m1/s1. The first-order chi connectivity index (χ1) is 7.72. The number of amides is 1. The van der Waals surface area contributed by atoms with E-state index in [4.69, 9.17) is 0 Å². The van der Waals surface area contributed by atoms with Crippen molar-refractivity contribution in [1.29, 1.82) is 0 Å². The second-order valence-corrected chi connectivity index (χ2v) is 4.15. The van der Waals surface area contributed by atoms with Crippen LogP contribution >= 0.6 is 0 Å². The molecule has 0 aromatic carbocycles. The van der Waals surface area contributed by atoms with Crippen LogP contribution in [0.4, 0.5) is 0 Å². The molecule has 2 heterocycles. The zero-order chi connectivity index (χ0) is 11.5. The van der Waals surface area contributed by atoms with Gasteiger partial charge in [0, 0.05) is 25.0 Å². The number of hydrogen-bond acceptors (Lipinski definition) is 3. The number of carbonyl (C=O) groups is 1. The van der Waals surface area contributed by atoms with Crippen LogP contribution in [-0.4, -0.2) is 39.6 Å². The molecule has 4 nitrogen and oxygen atoms in total. The monoisotopic (exact) mass is 220 g/mol. The number of hydrogen-bond donors (Lipinski definition) is 1. The van der Waals surface area contributed by atoms with E-state index < -0.39 is 0 Å². The van der Waals surface area contributed by atoms with Gasteiger partial charge in [-0.1, -0.05) is 6.92 Å². The molecule has 1 aromatic rings. The van der Waals surface area contributed by atoms with Crippen molar-refractivity contribution >= 4 is 5.91 Å². The van der Waals surface area contributed by atoms with Crippen LogP contribution in [0.2, 0.25) is 0 Å². The van der Waals surface area contributed by atoms with Crippen LogP contribution in [-0.2, 0) is 0 Å². The van der Waals surface area contributed by atoms with Crippen molar-refractivity contribution in [2.45, 2.75) is 31.9 Å². The van der Waals surface area contributed by atoms with Crippen LogP contribution in [0.25, 0.3) is 0 Å². The summed E-state index contributed by atoms with van der Waals surface area (Å²) in [4.78, 5) is 17.8. The predicted octanol–water partition coefficient (Wildman–Crippen LogP) is 1.07. The smallest absolute Gasteiger partial charge is 0.255 e. The topological polar surface area (TPSA) is 53.4 Å². The molecule has 1 aliphatic heterocycles. The molecule has 0 unspecified atom stereocenters. The van der Waals surface area contributed by atoms with E-state index >= 15 is 0 Å². The van der Waals surface area contributed by atoms with Crippen molar-refractivity contribution in [1.82, 2.24) is 9.88 Å². The minimum atomic E-state index is -0.384. The molecule has 1 aromatic heterocycles. The normalized spacial score (nSPS) is 24.8. The van der Waals surface area contributed by atoms with E-state index in [9.17, 15) is 9.90 Å². The lowest BCUT2D eigenvalue weighted by Gasteiger charge is -2.23. The summed E-state index contributed by atoms with van der Waals surface area (Å²) in [7, 11) is 0. The van der Waals surface area contributed by atoms with Gasteiger partial charge in [0.1, 0.15) is 0 Å². The van der Waals surface area contributed by atoms with Crippen LogP contribution < -0.4 is 0 Å². The molecular weight excluding hydrogens is 204 g/mol. The van der Waals surface area contributed by atoms with Gasteiger partial charge in [-0.3, -0.25) is 9.78 Å². The zero-order valence-corrected chi connectivity index (χ0v) is 9.34. The van der Waals surface area contributed by atoms with E-state index in [0.717, 1.165) is 6.42 Å². The number of likely N-dealkylation sites (tertiary alicyclic amines) is 1. The Balaban J connectivity index is 2.16. The van der Waals surface area contributed by atoms with E-state index in [0.29, 0.717) is 18.5 Å². The number of aliphatic hydroxyl groups excluding tert-OH is 1. The van der Waals surface area contributed by atoms with Gasteiger partial charge in [-0.15, -0.1) is 0 Å². The summed E-state index contributed by atoms with van der Waals surface area (Å²) >= 11 is 0. The van der Waals surface area contributed by atoms with Crippen LogP contribution in [0.1, 0.15) is 30.1 Å². The number of carbonyl (C=O) groups excluding carboxylic acids is 1. The number of rotatable bonds is 2. The fraction of sp³-hybridized carbons (Fsp3) is 0.500. The number of aromatic nitrogens is 1. The van der Waals surface area contributed by atoms with Crippen LogP contribution in [0.15, 0.2) is 24.5 Å². The lowest BCUT2D eigenvalue weighted by Crippen LogP contribution is -2.35. The highest BCUT2D eigenvalue weighted by Gasteiger charge is 2.33. The van der Waals surface area contributed by atoms with Crippen LogP contribution in [0.5, 0.6) is 0 Å². The van der Waals surface area contributed by atoms with Gasteiger partial charge in [0.2, 0.25) is 0 Å². The van der Waals surface area contributed by atoms with Crippen LogP contribution in [0.3, 0.4) is 0 Å². The first kappa shape index (κ1) is 11.1. The SMILES string of the molecule is CC[C@@H]1C[C@@H](O)CN1C(=O)c1cccnc1. The molecule has 2 atom stereocenters. The second-order valence-electron chi connectivity index (χ2n) is 4.15. The molecule has 1 fully saturated rings. The molecule has 0 saturated carbocycles. The van der Waals surface area contributed by atoms with Gasteiger partial charge in [-0.2, -0.15) is 0 Å². The Hall–Kier alpha value is -1.42. The molecule has 4 heteroatoms. The Morgan fingerprint density at radius 2 is 2.50 bits per heavy atom. The lowest BCUT2D eigenvalue weighted by molar-refractivity contribution is 0.0713. The zero-order valence-electron chi connectivity index (χ0n) is 9.34. The number of pyridine rings is 1. The third kappa shape index (κ3) is 2.07. The number of nitrogens with zero attached hydrogens (tertiary/aromatic N) is 2. The van der Waals surface area contributed by atoms with Gasteiger partial charge < -0.3 is 10.0 Å². The van der Waals surface area contributed by atoms with Crippen molar-refractivity contribution in [2.75, 3.05) is 6.54 Å². The summed E-state index contributed by atoms with van der Waals surface area (Å²) in [6.07, 6.45) is 4.39. The molecule has 86 valence electrons. The van der Waals surface area contributed by atoms with E-state index in [-0.39, 0.29) is 18.1 Å². The van der Waals surface area contributed by atoms with Gasteiger partial charge in [0.25, 0.3) is 5.91 Å². The molecule has 1 amide bonds. The first-order valence-corrected chi connectivity index (χ1v) is 5.61. The largest absolute Gasteiger partial charge is 0.391 e. The number of β-amino-alcohol motifs (C(OH)–C–C–N with tert-alkyl or cyclic N) is 1. The van der Waals surface area contributed by atoms with Gasteiger partial charge in [-0.05, 0) is 25.0 Å². The summed E-state index contributed by atoms with van der Waals surface area (Å²) < 4.78 is 0. The van der Waals surface area contributed by atoms with Crippen molar-refractivity contribution in [3.05, 3.63) is 30.1 Å². The van der Waals surface area contributed by atoms with Crippen molar-refractivity contribution in [3.63, 3.8) is 0 Å².